The summed E-state index contributed by atoms with van der Waals surface area (Å²) in [6, 6.07) is -0.563. The number of nitrogens with two attached hydrogens (primary N) is 1. The van der Waals surface area contributed by atoms with Gasteiger partial charge in [0, 0.05) is 0 Å². The fourth-order valence-electron chi connectivity index (χ4n) is 0.184. The lowest BCUT2D eigenvalue weighted by Gasteiger charge is -2.01. The number of hydrogen-bond donors (Lipinski definition) is 2. The van der Waals surface area contributed by atoms with Crippen LogP contribution in [0.2, 0.25) is 0 Å². The van der Waals surface area contributed by atoms with Crippen LogP contribution in [0, 0.1) is 0 Å². The lowest BCUT2D eigenvalue weighted by Crippen LogP contribution is -2.37. The molecule has 0 saturated carbocycles. The first kappa shape index (κ1) is 10.8. The minimum atomic E-state index is -0.563. The largest absolute Gasteiger partial charge is 0.368 e. The molecule has 9 heavy (non-hydrogen) atoms. The van der Waals surface area contributed by atoms with E-state index in [-0.39, 0.29) is 7.43 Å². The summed E-state index contributed by atoms with van der Waals surface area (Å²) < 4.78 is 0. The van der Waals surface area contributed by atoms with Gasteiger partial charge in [0.2, 0.25) is 12.3 Å². The first-order valence-corrected chi connectivity index (χ1v) is 2.17. The van der Waals surface area contributed by atoms with E-state index in [0.717, 1.165) is 0 Å². The highest BCUT2D eigenvalue weighted by molar-refractivity contribution is 5.81. The van der Waals surface area contributed by atoms with E-state index in [2.05, 4.69) is 5.32 Å². The van der Waals surface area contributed by atoms with Crippen LogP contribution in [0.1, 0.15) is 14.4 Å². The maximum Gasteiger partial charge on any atom is 0.239 e. The monoisotopic (exact) mass is 132 g/mol. The fourth-order valence-corrected chi connectivity index (χ4v) is 0.184. The highest BCUT2D eigenvalue weighted by Crippen LogP contribution is 1.72. The van der Waals surface area contributed by atoms with E-state index in [1.807, 2.05) is 0 Å². The van der Waals surface area contributed by atoms with Crippen LogP contribution in [0.15, 0.2) is 0 Å². The summed E-state index contributed by atoms with van der Waals surface area (Å²) >= 11 is 0. The first-order valence-electron chi connectivity index (χ1n) is 2.17. The number of nitrogens with one attached hydrogen (secondary N) is 1. The summed E-state index contributed by atoms with van der Waals surface area (Å²) in [7, 11) is 0. The molecule has 0 aliphatic heterocycles. The average Bonchev–Trinajstić information content (AvgIpc) is 1.67. The molecule has 0 saturated heterocycles. The fraction of sp³-hybridized carbons (Fsp3) is 0.600. The third-order valence-electron chi connectivity index (χ3n) is 0.745. The predicted molar refractivity (Wildman–Crippen MR) is 34.6 cm³/mol. The van der Waals surface area contributed by atoms with Gasteiger partial charge in [-0.25, -0.2) is 0 Å². The van der Waals surface area contributed by atoms with Gasteiger partial charge in [0.05, 0.1) is 0 Å². The van der Waals surface area contributed by atoms with Gasteiger partial charge in [-0.1, -0.05) is 7.43 Å². The Morgan fingerprint density at radius 2 is 2.22 bits per heavy atom. The van der Waals surface area contributed by atoms with Crippen molar-refractivity contribution in [1.29, 1.82) is 0 Å². The van der Waals surface area contributed by atoms with Gasteiger partial charge in [-0.3, -0.25) is 9.59 Å². The summed E-state index contributed by atoms with van der Waals surface area (Å²) in [6.07, 6.45) is 0.440. The summed E-state index contributed by atoms with van der Waals surface area (Å²) in [5.74, 6) is -0.530. The molecule has 0 fully saturated rings. The van der Waals surface area contributed by atoms with Gasteiger partial charge in [0.15, 0.2) is 0 Å². The van der Waals surface area contributed by atoms with Crippen LogP contribution in [0.3, 0.4) is 0 Å². The van der Waals surface area contributed by atoms with Crippen molar-refractivity contribution in [3.8, 4) is 0 Å². The molecule has 0 aliphatic carbocycles. The number of rotatable bonds is 3. The van der Waals surface area contributed by atoms with E-state index in [9.17, 15) is 9.59 Å². The Morgan fingerprint density at radius 3 is 2.33 bits per heavy atom. The molecular formula is C5H12N2O2. The molecule has 0 bridgehead atoms. The number of hydrogen-bond acceptors (Lipinski definition) is 2. The van der Waals surface area contributed by atoms with Crippen molar-refractivity contribution in [3.63, 3.8) is 0 Å². The molecule has 0 radical (unpaired) electrons. The Bertz CT molecular complexity index is 103. The summed E-state index contributed by atoms with van der Waals surface area (Å²) in [4.78, 5) is 19.7. The standard InChI is InChI=1S/C4H8N2O2.CH4/c1-3(4(5)8)6-2-7;/h2-3H,1H3,(H2,5,8)(H,6,7);1H4. The van der Waals surface area contributed by atoms with Crippen LogP contribution in [0.5, 0.6) is 0 Å². The van der Waals surface area contributed by atoms with E-state index >= 15 is 0 Å². The highest BCUT2D eigenvalue weighted by Gasteiger charge is 2.03. The second kappa shape index (κ2) is 5.08. The van der Waals surface area contributed by atoms with Crippen LogP contribution < -0.4 is 11.1 Å². The van der Waals surface area contributed by atoms with E-state index in [1.165, 1.54) is 6.92 Å². The SMILES string of the molecule is C.CC(NC=O)C(N)=O. The zero-order valence-corrected chi connectivity index (χ0v) is 4.55. The molecule has 0 aromatic heterocycles. The Kier molecular flexibility index (Phi) is 6.12. The van der Waals surface area contributed by atoms with Crippen molar-refractivity contribution >= 4 is 12.3 Å². The number of primary amides is 1. The average molecular weight is 132 g/mol. The summed E-state index contributed by atoms with van der Waals surface area (Å²) in [6.45, 7) is 1.51. The van der Waals surface area contributed by atoms with Crippen molar-refractivity contribution in [1.82, 2.24) is 5.32 Å². The van der Waals surface area contributed by atoms with Crippen LogP contribution in [0.25, 0.3) is 0 Å². The van der Waals surface area contributed by atoms with Gasteiger partial charge in [0.25, 0.3) is 0 Å². The van der Waals surface area contributed by atoms with Crippen LogP contribution in [0.4, 0.5) is 0 Å². The summed E-state index contributed by atoms with van der Waals surface area (Å²) in [5.41, 5.74) is 4.76. The zero-order chi connectivity index (χ0) is 6.57. The lowest BCUT2D eigenvalue weighted by molar-refractivity contribution is -0.122. The zero-order valence-electron chi connectivity index (χ0n) is 4.55. The van der Waals surface area contributed by atoms with Gasteiger partial charge >= 0.3 is 0 Å². The van der Waals surface area contributed by atoms with Crippen LogP contribution in [-0.2, 0) is 9.59 Å². The third-order valence-corrected chi connectivity index (χ3v) is 0.745. The molecule has 3 N–H and O–H groups in total. The maximum absolute atomic E-state index is 10.1. The minimum absolute atomic E-state index is 0. The molecule has 0 rings (SSSR count). The van der Waals surface area contributed by atoms with E-state index in [0.29, 0.717) is 6.41 Å². The van der Waals surface area contributed by atoms with E-state index in [4.69, 9.17) is 5.73 Å². The third kappa shape index (κ3) is 4.80. The molecule has 4 heteroatoms. The Labute approximate surface area is 54.4 Å². The Balaban J connectivity index is 0. The number of amides is 2. The van der Waals surface area contributed by atoms with Crippen LogP contribution in [-0.4, -0.2) is 18.4 Å². The quantitative estimate of drug-likeness (QED) is 0.495. The number of carbonyl (C=O) groups is 2. The predicted octanol–water partition coefficient (Wildman–Crippen LogP) is -0.758. The molecule has 0 aliphatic rings. The molecule has 1 atom stereocenters. The van der Waals surface area contributed by atoms with Gasteiger partial charge in [0.1, 0.15) is 6.04 Å². The molecule has 0 aromatic carbocycles. The van der Waals surface area contributed by atoms with Gasteiger partial charge < -0.3 is 11.1 Å². The van der Waals surface area contributed by atoms with E-state index < -0.39 is 11.9 Å². The Morgan fingerprint density at radius 1 is 1.78 bits per heavy atom. The normalized spacial score (nSPS) is 10.8. The van der Waals surface area contributed by atoms with Crippen molar-refractivity contribution in [3.05, 3.63) is 0 Å². The minimum Gasteiger partial charge on any atom is -0.368 e. The second-order valence-electron chi connectivity index (χ2n) is 1.41. The van der Waals surface area contributed by atoms with Crippen molar-refractivity contribution < 1.29 is 9.59 Å². The van der Waals surface area contributed by atoms with Gasteiger partial charge in [-0.2, -0.15) is 0 Å². The second-order valence-corrected chi connectivity index (χ2v) is 1.41. The molecule has 0 spiro atoms. The van der Waals surface area contributed by atoms with Crippen molar-refractivity contribution in [2.24, 2.45) is 5.73 Å². The molecular weight excluding hydrogens is 120 g/mol. The number of carbonyl (C=O) groups excluding carboxylic acids is 2. The molecule has 0 aromatic rings. The van der Waals surface area contributed by atoms with Gasteiger partial charge in [-0.15, -0.1) is 0 Å². The highest BCUT2D eigenvalue weighted by atomic mass is 16.2. The van der Waals surface area contributed by atoms with Gasteiger partial charge in [-0.05, 0) is 6.92 Å². The molecule has 54 valence electrons. The topological polar surface area (TPSA) is 72.2 Å². The summed E-state index contributed by atoms with van der Waals surface area (Å²) in [5, 5.41) is 2.19. The lowest BCUT2D eigenvalue weighted by atomic mass is 10.3. The molecule has 0 heterocycles. The molecule has 2 amide bonds. The van der Waals surface area contributed by atoms with E-state index in [1.54, 1.807) is 0 Å². The molecule has 1 unspecified atom stereocenters. The smallest absolute Gasteiger partial charge is 0.239 e. The van der Waals surface area contributed by atoms with Crippen LogP contribution >= 0.6 is 0 Å². The maximum atomic E-state index is 10.1. The van der Waals surface area contributed by atoms with Crippen molar-refractivity contribution in [2.45, 2.75) is 20.4 Å². The first-order chi connectivity index (χ1) is 3.68. The Hall–Kier alpha value is -1.06. The molecule has 4 nitrogen and oxygen atoms in total. The van der Waals surface area contributed by atoms with Crippen molar-refractivity contribution in [2.75, 3.05) is 0 Å².